The zero-order valence-corrected chi connectivity index (χ0v) is 14.5. The Morgan fingerprint density at radius 1 is 1.07 bits per heavy atom. The largest absolute Gasteiger partial charge is 0.491 e. The Hall–Kier alpha value is -3.93. The number of rotatable bonds is 3. The van der Waals surface area contributed by atoms with Crippen molar-refractivity contribution in [3.63, 3.8) is 0 Å². The van der Waals surface area contributed by atoms with Crippen molar-refractivity contribution in [2.75, 3.05) is 5.73 Å². The van der Waals surface area contributed by atoms with Gasteiger partial charge in [-0.3, -0.25) is 0 Å². The summed E-state index contributed by atoms with van der Waals surface area (Å²) >= 11 is 0. The van der Waals surface area contributed by atoms with Crippen LogP contribution in [0.2, 0.25) is 0 Å². The first-order chi connectivity index (χ1) is 13.7. The molecule has 0 unspecified atom stereocenters. The summed E-state index contributed by atoms with van der Waals surface area (Å²) in [4.78, 5) is 15.0. The Morgan fingerprint density at radius 3 is 2.34 bits per heavy atom. The second-order valence-electron chi connectivity index (χ2n) is 5.85. The van der Waals surface area contributed by atoms with E-state index in [4.69, 9.17) is 5.73 Å². The van der Waals surface area contributed by atoms with Crippen molar-refractivity contribution in [3.8, 4) is 34.2 Å². The number of aromatic nitrogens is 1. The van der Waals surface area contributed by atoms with E-state index in [1.165, 1.54) is 36.4 Å². The number of alkyl halides is 3. The van der Waals surface area contributed by atoms with Gasteiger partial charge in [-0.15, -0.1) is 0 Å². The molecule has 0 saturated heterocycles. The smallest absolute Gasteiger partial charge is 0.420 e. The molecule has 3 rings (SSSR count). The summed E-state index contributed by atoms with van der Waals surface area (Å²) in [5.41, 5.74) is 7.43. The van der Waals surface area contributed by atoms with Gasteiger partial charge in [0.25, 0.3) is 0 Å². The average molecular weight is 401 g/mol. The van der Waals surface area contributed by atoms with Crippen LogP contribution in [0.5, 0.6) is 5.75 Å². The van der Waals surface area contributed by atoms with Crippen molar-refractivity contribution in [2.24, 2.45) is 0 Å². The van der Waals surface area contributed by atoms with Gasteiger partial charge in [-0.25, -0.2) is 14.2 Å². The lowest BCUT2D eigenvalue weighted by molar-refractivity contribution is -0.189. The van der Waals surface area contributed by atoms with Crippen molar-refractivity contribution >= 4 is 11.8 Å². The number of carbonyl (C=O) groups excluding carboxylic acids is 1. The van der Waals surface area contributed by atoms with E-state index < -0.39 is 18.0 Å². The van der Waals surface area contributed by atoms with Crippen LogP contribution in [0.25, 0.3) is 22.4 Å². The Labute approximate surface area is 162 Å². The topological polar surface area (TPSA) is 89.0 Å². The van der Waals surface area contributed by atoms with Gasteiger partial charge in [-0.05, 0) is 48.0 Å². The summed E-state index contributed by atoms with van der Waals surface area (Å²) in [6, 6.07) is 14.1. The number of esters is 1. The zero-order valence-electron chi connectivity index (χ0n) is 14.5. The molecular formula is C20H11F4N3O2. The highest BCUT2D eigenvalue weighted by atomic mass is 19.4. The molecule has 29 heavy (non-hydrogen) atoms. The first-order valence-electron chi connectivity index (χ1n) is 8.05. The molecule has 0 fully saturated rings. The summed E-state index contributed by atoms with van der Waals surface area (Å²) in [6.07, 6.45) is -5.11. The Bertz CT molecular complexity index is 1120. The van der Waals surface area contributed by atoms with Crippen molar-refractivity contribution < 1.29 is 27.1 Å². The molecule has 2 aromatic carbocycles. The lowest BCUT2D eigenvalue weighted by Crippen LogP contribution is -2.27. The summed E-state index contributed by atoms with van der Waals surface area (Å²) in [7, 11) is 0. The minimum absolute atomic E-state index is 0.0649. The molecule has 0 aliphatic rings. The molecule has 0 aliphatic heterocycles. The van der Waals surface area contributed by atoms with Crippen LogP contribution in [0.4, 0.5) is 23.4 Å². The number of anilines is 1. The van der Waals surface area contributed by atoms with E-state index in [1.54, 1.807) is 6.07 Å². The van der Waals surface area contributed by atoms with E-state index in [2.05, 4.69) is 9.72 Å². The van der Waals surface area contributed by atoms with E-state index >= 15 is 0 Å². The van der Waals surface area contributed by atoms with Gasteiger partial charge in [0.1, 0.15) is 29.0 Å². The molecule has 0 amide bonds. The maximum Gasteiger partial charge on any atom is 0.491 e. The first kappa shape index (κ1) is 19.8. The van der Waals surface area contributed by atoms with Gasteiger partial charge in [0, 0.05) is 11.1 Å². The second kappa shape index (κ2) is 7.59. The second-order valence-corrected chi connectivity index (χ2v) is 5.85. The zero-order chi connectivity index (χ0) is 21.2. The summed E-state index contributed by atoms with van der Waals surface area (Å²) < 4.78 is 54.7. The molecular weight excluding hydrogens is 390 g/mol. The fourth-order valence-electron chi connectivity index (χ4n) is 2.57. The monoisotopic (exact) mass is 401 g/mol. The van der Waals surface area contributed by atoms with E-state index in [0.717, 1.165) is 12.1 Å². The highest BCUT2D eigenvalue weighted by molar-refractivity contribution is 5.81. The van der Waals surface area contributed by atoms with Gasteiger partial charge in [0.05, 0.1) is 5.69 Å². The third kappa shape index (κ3) is 4.32. The molecule has 9 heteroatoms. The van der Waals surface area contributed by atoms with E-state index in [9.17, 15) is 27.6 Å². The van der Waals surface area contributed by atoms with Gasteiger partial charge < -0.3 is 10.5 Å². The number of nitrogen functional groups attached to an aromatic ring is 1. The van der Waals surface area contributed by atoms with Crippen LogP contribution >= 0.6 is 0 Å². The maximum absolute atomic E-state index is 13.6. The predicted octanol–water partition coefficient (Wildman–Crippen LogP) is 4.48. The molecule has 0 bridgehead atoms. The predicted molar refractivity (Wildman–Crippen MR) is 95.9 cm³/mol. The Morgan fingerprint density at radius 2 is 1.76 bits per heavy atom. The van der Waals surface area contributed by atoms with Gasteiger partial charge in [-0.1, -0.05) is 12.1 Å². The fourth-order valence-corrected chi connectivity index (χ4v) is 2.57. The van der Waals surface area contributed by atoms with Gasteiger partial charge in [-0.2, -0.15) is 18.4 Å². The van der Waals surface area contributed by atoms with Crippen molar-refractivity contribution in [3.05, 3.63) is 66.0 Å². The summed E-state index contributed by atoms with van der Waals surface area (Å²) in [5.74, 6) is -3.22. The number of nitrogens with zero attached hydrogens (tertiary/aromatic N) is 2. The van der Waals surface area contributed by atoms with E-state index in [0.29, 0.717) is 22.4 Å². The normalized spacial score (nSPS) is 11.0. The van der Waals surface area contributed by atoms with Crippen LogP contribution in [0.1, 0.15) is 5.56 Å². The highest BCUT2D eigenvalue weighted by Crippen LogP contribution is 2.32. The number of ether oxygens (including phenoxy) is 1. The molecule has 0 spiro atoms. The standard InChI is InChI=1S/C20H11F4N3O2/c21-13-3-1-2-12(8-13)15-9-17(27-18(26)16(15)10-25)11-4-6-14(7-5-11)29-19(28)20(22,23)24/h1-9H,(H2,26,27). The minimum Gasteiger partial charge on any atom is -0.420 e. The molecule has 0 atom stereocenters. The van der Waals surface area contributed by atoms with Gasteiger partial charge >= 0.3 is 12.1 Å². The number of pyridine rings is 1. The molecule has 5 nitrogen and oxygen atoms in total. The van der Waals surface area contributed by atoms with Crippen LogP contribution in [0.15, 0.2) is 54.6 Å². The van der Waals surface area contributed by atoms with E-state index in [1.807, 2.05) is 6.07 Å². The lowest BCUT2D eigenvalue weighted by atomic mass is 9.98. The number of hydrogen-bond donors (Lipinski definition) is 1. The fraction of sp³-hybridized carbons (Fsp3) is 0.0500. The van der Waals surface area contributed by atoms with E-state index in [-0.39, 0.29) is 17.1 Å². The molecule has 0 saturated carbocycles. The van der Waals surface area contributed by atoms with Crippen molar-refractivity contribution in [1.29, 1.82) is 5.26 Å². The average Bonchev–Trinajstić information content (AvgIpc) is 2.67. The number of benzene rings is 2. The van der Waals surface area contributed by atoms with Gasteiger partial charge in [0.2, 0.25) is 0 Å². The Kier molecular flexibility index (Phi) is 5.19. The quantitative estimate of drug-likeness (QED) is 0.397. The number of nitrogens with two attached hydrogens (primary N) is 1. The molecule has 0 aliphatic carbocycles. The SMILES string of the molecule is N#Cc1c(-c2cccc(F)c2)cc(-c2ccc(OC(=O)C(F)(F)F)cc2)nc1N. The van der Waals surface area contributed by atoms with Gasteiger partial charge in [0.15, 0.2) is 0 Å². The van der Waals surface area contributed by atoms with Crippen LogP contribution in [0.3, 0.4) is 0 Å². The van der Waals surface area contributed by atoms with Crippen LogP contribution in [-0.4, -0.2) is 17.1 Å². The minimum atomic E-state index is -5.11. The maximum atomic E-state index is 13.6. The molecule has 3 aromatic rings. The third-order valence-corrected chi connectivity index (χ3v) is 3.89. The summed E-state index contributed by atoms with van der Waals surface area (Å²) in [5, 5.41) is 9.37. The molecule has 146 valence electrons. The number of hydrogen-bond acceptors (Lipinski definition) is 5. The molecule has 1 heterocycles. The van der Waals surface area contributed by atoms with Crippen molar-refractivity contribution in [2.45, 2.75) is 6.18 Å². The molecule has 1 aromatic heterocycles. The number of nitriles is 1. The Balaban J connectivity index is 1.99. The lowest BCUT2D eigenvalue weighted by Gasteiger charge is -2.11. The van der Waals surface area contributed by atoms with Crippen LogP contribution in [-0.2, 0) is 4.79 Å². The summed E-state index contributed by atoms with van der Waals surface area (Å²) in [6.45, 7) is 0. The highest BCUT2D eigenvalue weighted by Gasteiger charge is 2.41. The molecule has 2 N–H and O–H groups in total. The molecule has 0 radical (unpaired) electrons. The van der Waals surface area contributed by atoms with Crippen LogP contribution < -0.4 is 10.5 Å². The first-order valence-corrected chi connectivity index (χ1v) is 8.05. The van der Waals surface area contributed by atoms with Crippen LogP contribution in [0, 0.1) is 17.1 Å². The number of carbonyl (C=O) groups is 1. The van der Waals surface area contributed by atoms with Crippen molar-refractivity contribution in [1.82, 2.24) is 4.98 Å². The number of halogens is 4. The third-order valence-electron chi connectivity index (χ3n) is 3.89.